The third-order valence-corrected chi connectivity index (χ3v) is 6.00. The van der Waals surface area contributed by atoms with Gasteiger partial charge in [0.25, 0.3) is 0 Å². The molecule has 0 saturated carbocycles. The van der Waals surface area contributed by atoms with E-state index in [0.29, 0.717) is 27.0 Å². The zero-order valence-electron chi connectivity index (χ0n) is 11.8. The monoisotopic (exact) mass is 355 g/mol. The molecule has 0 unspecified atom stereocenters. The minimum atomic E-state index is -3.47. The van der Waals surface area contributed by atoms with Gasteiger partial charge in [0, 0.05) is 23.0 Å². The Hall–Kier alpha value is -1.59. The maximum atomic E-state index is 12.0. The summed E-state index contributed by atoms with van der Waals surface area (Å²) in [5.74, 6) is 0. The number of thiophene rings is 1. The van der Waals surface area contributed by atoms with Crippen molar-refractivity contribution < 1.29 is 8.42 Å². The molecular weight excluding hydrogens is 342 g/mol. The van der Waals surface area contributed by atoms with Crippen molar-refractivity contribution in [2.75, 3.05) is 18.4 Å². The first-order chi connectivity index (χ1) is 10.4. The van der Waals surface area contributed by atoms with Gasteiger partial charge in [0.2, 0.25) is 10.0 Å². The summed E-state index contributed by atoms with van der Waals surface area (Å²) in [4.78, 5) is 0.943. The molecule has 1 heterocycles. The summed E-state index contributed by atoms with van der Waals surface area (Å²) in [6.45, 7) is 2.43. The highest BCUT2D eigenvalue weighted by atomic mass is 35.5. The van der Waals surface area contributed by atoms with Gasteiger partial charge in [-0.05, 0) is 37.3 Å². The number of rotatable bonds is 6. The van der Waals surface area contributed by atoms with Crippen LogP contribution in [0, 0.1) is 18.3 Å². The van der Waals surface area contributed by atoms with Crippen molar-refractivity contribution in [2.24, 2.45) is 0 Å². The first kappa shape index (κ1) is 16.8. The van der Waals surface area contributed by atoms with Gasteiger partial charge in [-0.1, -0.05) is 11.6 Å². The number of hydrogen-bond donors (Lipinski definition) is 2. The summed E-state index contributed by atoms with van der Waals surface area (Å²) in [7, 11) is -3.47. The van der Waals surface area contributed by atoms with Gasteiger partial charge in [0.15, 0.2) is 0 Å². The van der Waals surface area contributed by atoms with Crippen LogP contribution in [-0.2, 0) is 10.0 Å². The van der Waals surface area contributed by atoms with Crippen LogP contribution >= 0.6 is 22.9 Å². The average Bonchev–Trinajstić information content (AvgIpc) is 2.92. The number of nitrogens with zero attached hydrogens (tertiary/aromatic N) is 1. The summed E-state index contributed by atoms with van der Waals surface area (Å²) in [5.41, 5.74) is 1.04. The minimum Gasteiger partial charge on any atom is -0.383 e. The molecule has 5 nitrogen and oxygen atoms in total. The van der Waals surface area contributed by atoms with Crippen molar-refractivity contribution in [3.63, 3.8) is 0 Å². The Morgan fingerprint density at radius 3 is 2.68 bits per heavy atom. The third-order valence-electron chi connectivity index (χ3n) is 2.82. The van der Waals surface area contributed by atoms with E-state index in [2.05, 4.69) is 10.0 Å². The van der Waals surface area contributed by atoms with Gasteiger partial charge in [-0.15, -0.1) is 11.3 Å². The molecule has 22 heavy (non-hydrogen) atoms. The Morgan fingerprint density at radius 1 is 1.27 bits per heavy atom. The number of nitrogens with one attached hydrogen (secondary N) is 2. The second-order valence-corrected chi connectivity index (χ2v) is 8.21. The highest BCUT2D eigenvalue weighted by Crippen LogP contribution is 2.21. The van der Waals surface area contributed by atoms with E-state index in [1.165, 1.54) is 11.3 Å². The standard InChI is InChI=1S/C14H14ClN3O2S2/c1-10-2-5-14(21-10)22(19,20)18-7-6-17-13-4-3-12(15)8-11(13)9-16/h2-5,8,17-18H,6-7H2,1H3. The van der Waals surface area contributed by atoms with Gasteiger partial charge in [-0.3, -0.25) is 0 Å². The van der Waals surface area contributed by atoms with E-state index in [1.54, 1.807) is 30.3 Å². The molecular formula is C14H14ClN3O2S2. The summed E-state index contributed by atoms with van der Waals surface area (Å²) in [6.07, 6.45) is 0. The van der Waals surface area contributed by atoms with Gasteiger partial charge in [0.1, 0.15) is 10.3 Å². The Kier molecular flexibility index (Phi) is 5.42. The average molecular weight is 356 g/mol. The SMILES string of the molecule is Cc1ccc(S(=O)(=O)NCCNc2ccc(Cl)cc2C#N)s1. The van der Waals surface area contributed by atoms with Crippen molar-refractivity contribution in [3.8, 4) is 6.07 Å². The van der Waals surface area contributed by atoms with E-state index in [1.807, 2.05) is 13.0 Å². The van der Waals surface area contributed by atoms with Gasteiger partial charge in [0.05, 0.1) is 11.3 Å². The van der Waals surface area contributed by atoms with Crippen LogP contribution in [0.25, 0.3) is 0 Å². The Balaban J connectivity index is 1.91. The maximum Gasteiger partial charge on any atom is 0.250 e. The van der Waals surface area contributed by atoms with E-state index < -0.39 is 10.0 Å². The summed E-state index contributed by atoms with van der Waals surface area (Å²) < 4.78 is 26.9. The lowest BCUT2D eigenvalue weighted by Gasteiger charge is -2.09. The van der Waals surface area contributed by atoms with Crippen LogP contribution in [-0.4, -0.2) is 21.5 Å². The normalized spacial score (nSPS) is 11.1. The number of sulfonamides is 1. The van der Waals surface area contributed by atoms with Crippen molar-refractivity contribution in [1.82, 2.24) is 4.72 Å². The molecule has 0 amide bonds. The smallest absolute Gasteiger partial charge is 0.250 e. The molecule has 0 atom stereocenters. The third kappa shape index (κ3) is 4.21. The summed E-state index contributed by atoms with van der Waals surface area (Å²) in [5, 5.41) is 12.5. The van der Waals surface area contributed by atoms with Gasteiger partial charge in [-0.2, -0.15) is 5.26 Å². The van der Waals surface area contributed by atoms with E-state index in [9.17, 15) is 8.42 Å². The molecule has 0 aliphatic heterocycles. The molecule has 0 radical (unpaired) electrons. The minimum absolute atomic E-state index is 0.215. The molecule has 116 valence electrons. The highest BCUT2D eigenvalue weighted by molar-refractivity contribution is 7.91. The number of halogens is 1. The van der Waals surface area contributed by atoms with Crippen molar-refractivity contribution in [2.45, 2.75) is 11.1 Å². The zero-order valence-corrected chi connectivity index (χ0v) is 14.1. The van der Waals surface area contributed by atoms with E-state index >= 15 is 0 Å². The van der Waals surface area contributed by atoms with Crippen LogP contribution in [0.15, 0.2) is 34.5 Å². The van der Waals surface area contributed by atoms with Crippen LogP contribution < -0.4 is 10.0 Å². The number of benzene rings is 1. The Bertz CT molecular complexity index is 810. The first-order valence-corrected chi connectivity index (χ1v) is 9.10. The predicted molar refractivity (Wildman–Crippen MR) is 88.9 cm³/mol. The quantitative estimate of drug-likeness (QED) is 0.780. The second-order valence-electron chi connectivity index (χ2n) is 4.49. The number of nitriles is 1. The molecule has 0 bridgehead atoms. The summed E-state index contributed by atoms with van der Waals surface area (Å²) >= 11 is 7.05. The molecule has 2 N–H and O–H groups in total. The number of anilines is 1. The first-order valence-electron chi connectivity index (χ1n) is 6.42. The van der Waals surface area contributed by atoms with Crippen molar-refractivity contribution >= 4 is 38.6 Å². The fraction of sp³-hybridized carbons (Fsp3) is 0.214. The van der Waals surface area contributed by atoms with Crippen LogP contribution in [0.1, 0.15) is 10.4 Å². The number of aryl methyl sites for hydroxylation is 1. The molecule has 0 aliphatic carbocycles. The fourth-order valence-electron chi connectivity index (χ4n) is 1.77. The Labute approximate surface area is 138 Å². The van der Waals surface area contributed by atoms with Crippen LogP contribution in [0.3, 0.4) is 0 Å². The molecule has 0 aliphatic rings. The summed E-state index contributed by atoms with van der Waals surface area (Å²) in [6, 6.07) is 10.3. The molecule has 0 spiro atoms. The number of hydrogen-bond acceptors (Lipinski definition) is 5. The lowest BCUT2D eigenvalue weighted by molar-refractivity contribution is 0.585. The zero-order chi connectivity index (χ0) is 16.2. The van der Waals surface area contributed by atoms with Gasteiger partial charge >= 0.3 is 0 Å². The Morgan fingerprint density at radius 2 is 2.05 bits per heavy atom. The van der Waals surface area contributed by atoms with Crippen molar-refractivity contribution in [3.05, 3.63) is 45.8 Å². The van der Waals surface area contributed by atoms with E-state index in [0.717, 1.165) is 4.88 Å². The topological polar surface area (TPSA) is 82.0 Å². The molecule has 2 aromatic rings. The molecule has 0 fully saturated rings. The molecule has 1 aromatic heterocycles. The van der Waals surface area contributed by atoms with Gasteiger partial charge < -0.3 is 5.32 Å². The lowest BCUT2D eigenvalue weighted by Crippen LogP contribution is -2.28. The van der Waals surface area contributed by atoms with E-state index in [-0.39, 0.29) is 6.54 Å². The van der Waals surface area contributed by atoms with Crippen molar-refractivity contribution in [1.29, 1.82) is 5.26 Å². The molecule has 2 rings (SSSR count). The highest BCUT2D eigenvalue weighted by Gasteiger charge is 2.15. The van der Waals surface area contributed by atoms with Crippen LogP contribution in [0.4, 0.5) is 5.69 Å². The molecule has 1 aromatic carbocycles. The van der Waals surface area contributed by atoms with Crippen LogP contribution in [0.5, 0.6) is 0 Å². The van der Waals surface area contributed by atoms with Crippen LogP contribution in [0.2, 0.25) is 5.02 Å². The largest absolute Gasteiger partial charge is 0.383 e. The van der Waals surface area contributed by atoms with E-state index in [4.69, 9.17) is 16.9 Å². The van der Waals surface area contributed by atoms with Gasteiger partial charge in [-0.25, -0.2) is 13.1 Å². The maximum absolute atomic E-state index is 12.0. The predicted octanol–water partition coefficient (Wildman–Crippen LogP) is 2.97. The lowest BCUT2D eigenvalue weighted by atomic mass is 10.2. The molecule has 8 heteroatoms. The fourth-order valence-corrected chi connectivity index (χ4v) is 4.31. The molecule has 0 saturated heterocycles. The second kappa shape index (κ2) is 7.11.